The van der Waals surface area contributed by atoms with Gasteiger partial charge in [0.15, 0.2) is 0 Å². The minimum absolute atomic E-state index is 0.388. The normalized spacial score (nSPS) is 20.3. The van der Waals surface area contributed by atoms with E-state index in [1.165, 1.54) is 11.3 Å². The lowest BCUT2D eigenvalue weighted by Gasteiger charge is -2.28. The summed E-state index contributed by atoms with van der Waals surface area (Å²) in [6.45, 7) is 11.4. The van der Waals surface area contributed by atoms with E-state index in [1.807, 2.05) is 0 Å². The highest BCUT2D eigenvalue weighted by Gasteiger charge is 2.22. The van der Waals surface area contributed by atoms with Gasteiger partial charge in [-0.2, -0.15) is 0 Å². The molecule has 2 atom stereocenters. The average molecular weight is 246 g/mol. The van der Waals surface area contributed by atoms with Crippen molar-refractivity contribution in [3.63, 3.8) is 0 Å². The van der Waals surface area contributed by atoms with E-state index in [1.54, 1.807) is 0 Å². The van der Waals surface area contributed by atoms with Gasteiger partial charge >= 0.3 is 0 Å². The summed E-state index contributed by atoms with van der Waals surface area (Å²) in [7, 11) is 0. The Hall–Kier alpha value is -1.02. The standard InChI is InChI=1S/C16H26N2/c1-12(16(2,3)4)10-17-11-14-9-13-7-5-6-8-15(13)18-14/h5-8,12,14,17-18H,9-11H2,1-4H3. The van der Waals surface area contributed by atoms with Crippen LogP contribution in [-0.2, 0) is 6.42 Å². The molecule has 1 heterocycles. The molecule has 2 rings (SSSR count). The summed E-state index contributed by atoms with van der Waals surface area (Å²) >= 11 is 0. The predicted octanol–water partition coefficient (Wildman–Crippen LogP) is 3.30. The van der Waals surface area contributed by atoms with Crippen molar-refractivity contribution in [2.45, 2.75) is 40.2 Å². The summed E-state index contributed by atoms with van der Waals surface area (Å²) in [4.78, 5) is 0. The van der Waals surface area contributed by atoms with E-state index in [-0.39, 0.29) is 0 Å². The summed E-state index contributed by atoms with van der Waals surface area (Å²) in [5.74, 6) is 0.696. The van der Waals surface area contributed by atoms with E-state index >= 15 is 0 Å². The SMILES string of the molecule is CC(CNCC1Cc2ccccc2N1)C(C)(C)C. The van der Waals surface area contributed by atoms with Gasteiger partial charge in [-0.15, -0.1) is 0 Å². The molecule has 0 radical (unpaired) electrons. The monoisotopic (exact) mass is 246 g/mol. The van der Waals surface area contributed by atoms with Crippen LogP contribution < -0.4 is 10.6 Å². The molecule has 2 heteroatoms. The van der Waals surface area contributed by atoms with Crippen LogP contribution in [-0.4, -0.2) is 19.1 Å². The second kappa shape index (κ2) is 5.31. The highest BCUT2D eigenvalue weighted by molar-refractivity contribution is 5.56. The van der Waals surface area contributed by atoms with Crippen LogP contribution in [0.2, 0.25) is 0 Å². The highest BCUT2D eigenvalue weighted by Crippen LogP contribution is 2.26. The Morgan fingerprint density at radius 2 is 2.06 bits per heavy atom. The van der Waals surface area contributed by atoms with Crippen LogP contribution in [0.3, 0.4) is 0 Å². The molecule has 0 bridgehead atoms. The van der Waals surface area contributed by atoms with Crippen molar-refractivity contribution >= 4 is 5.69 Å². The van der Waals surface area contributed by atoms with Gasteiger partial charge in [-0.25, -0.2) is 0 Å². The van der Waals surface area contributed by atoms with Crippen molar-refractivity contribution in [2.24, 2.45) is 11.3 Å². The lowest BCUT2D eigenvalue weighted by molar-refractivity contribution is 0.252. The molecule has 0 saturated heterocycles. The Labute approximate surface area is 111 Å². The largest absolute Gasteiger partial charge is 0.380 e. The zero-order chi connectivity index (χ0) is 13.2. The number of fused-ring (bicyclic) bond motifs is 1. The van der Waals surface area contributed by atoms with E-state index < -0.39 is 0 Å². The summed E-state index contributed by atoms with van der Waals surface area (Å²) in [5, 5.41) is 7.19. The minimum atomic E-state index is 0.388. The molecule has 100 valence electrons. The first-order valence-electron chi connectivity index (χ1n) is 7.02. The fourth-order valence-electron chi connectivity index (χ4n) is 2.28. The molecule has 18 heavy (non-hydrogen) atoms. The minimum Gasteiger partial charge on any atom is -0.380 e. The molecule has 0 aromatic heterocycles. The van der Waals surface area contributed by atoms with Gasteiger partial charge in [0.05, 0.1) is 0 Å². The fourth-order valence-corrected chi connectivity index (χ4v) is 2.28. The number of para-hydroxylation sites is 1. The Kier molecular flexibility index (Phi) is 3.96. The van der Waals surface area contributed by atoms with Gasteiger partial charge in [-0.1, -0.05) is 45.9 Å². The second-order valence-corrected chi connectivity index (χ2v) is 6.63. The van der Waals surface area contributed by atoms with Crippen LogP contribution in [0.5, 0.6) is 0 Å². The van der Waals surface area contributed by atoms with Crippen molar-refractivity contribution in [1.29, 1.82) is 0 Å². The van der Waals surface area contributed by atoms with Gasteiger partial charge in [-0.05, 0) is 35.9 Å². The van der Waals surface area contributed by atoms with Gasteiger partial charge in [0.25, 0.3) is 0 Å². The lowest BCUT2D eigenvalue weighted by atomic mass is 9.82. The number of hydrogen-bond acceptors (Lipinski definition) is 2. The third-order valence-corrected chi connectivity index (χ3v) is 4.16. The molecule has 2 N–H and O–H groups in total. The number of hydrogen-bond donors (Lipinski definition) is 2. The summed E-state index contributed by atoms with van der Waals surface area (Å²) < 4.78 is 0. The molecule has 2 nitrogen and oxygen atoms in total. The second-order valence-electron chi connectivity index (χ2n) is 6.63. The van der Waals surface area contributed by atoms with Crippen LogP contribution in [0.4, 0.5) is 5.69 Å². The van der Waals surface area contributed by atoms with E-state index in [4.69, 9.17) is 0 Å². The third-order valence-electron chi connectivity index (χ3n) is 4.16. The van der Waals surface area contributed by atoms with E-state index in [9.17, 15) is 0 Å². The zero-order valence-electron chi connectivity index (χ0n) is 12.1. The van der Waals surface area contributed by atoms with Gasteiger partial charge in [0, 0.05) is 18.3 Å². The molecule has 2 unspecified atom stereocenters. The van der Waals surface area contributed by atoms with Crippen LogP contribution >= 0.6 is 0 Å². The van der Waals surface area contributed by atoms with Gasteiger partial charge < -0.3 is 10.6 Å². The van der Waals surface area contributed by atoms with E-state index in [0.29, 0.717) is 17.4 Å². The Morgan fingerprint density at radius 3 is 2.72 bits per heavy atom. The molecule has 1 aliphatic heterocycles. The summed E-state index contributed by atoms with van der Waals surface area (Å²) in [6, 6.07) is 9.17. The topological polar surface area (TPSA) is 24.1 Å². The number of anilines is 1. The number of nitrogens with one attached hydrogen (secondary N) is 2. The maximum absolute atomic E-state index is 3.61. The van der Waals surface area contributed by atoms with E-state index in [2.05, 4.69) is 62.6 Å². The first-order valence-corrected chi connectivity index (χ1v) is 7.02. The maximum Gasteiger partial charge on any atom is 0.0427 e. The van der Waals surface area contributed by atoms with Crippen molar-refractivity contribution in [2.75, 3.05) is 18.4 Å². The maximum atomic E-state index is 3.61. The highest BCUT2D eigenvalue weighted by atomic mass is 15.0. The van der Waals surface area contributed by atoms with Crippen molar-refractivity contribution in [3.05, 3.63) is 29.8 Å². The predicted molar refractivity (Wildman–Crippen MR) is 79.0 cm³/mol. The van der Waals surface area contributed by atoms with Crippen LogP contribution in [0, 0.1) is 11.3 Å². The Balaban J connectivity index is 1.74. The molecule has 1 aromatic rings. The molecule has 0 aliphatic carbocycles. The number of rotatable bonds is 4. The molecule has 1 aromatic carbocycles. The Morgan fingerprint density at radius 1 is 1.33 bits per heavy atom. The molecule has 0 saturated carbocycles. The molecular weight excluding hydrogens is 220 g/mol. The smallest absolute Gasteiger partial charge is 0.0427 e. The molecule has 1 aliphatic rings. The van der Waals surface area contributed by atoms with Crippen molar-refractivity contribution in [1.82, 2.24) is 5.32 Å². The fraction of sp³-hybridized carbons (Fsp3) is 0.625. The quantitative estimate of drug-likeness (QED) is 0.852. The number of benzene rings is 1. The van der Waals surface area contributed by atoms with Gasteiger partial charge in [0.1, 0.15) is 0 Å². The average Bonchev–Trinajstić information content (AvgIpc) is 2.70. The Bertz CT molecular complexity index is 367. The van der Waals surface area contributed by atoms with E-state index in [0.717, 1.165) is 19.5 Å². The summed E-state index contributed by atoms with van der Waals surface area (Å²) in [6.07, 6.45) is 1.15. The van der Waals surface area contributed by atoms with Crippen molar-refractivity contribution < 1.29 is 0 Å². The van der Waals surface area contributed by atoms with Crippen LogP contribution in [0.25, 0.3) is 0 Å². The summed E-state index contributed by atoms with van der Waals surface area (Å²) in [5.41, 5.74) is 3.15. The third kappa shape index (κ3) is 3.26. The lowest BCUT2D eigenvalue weighted by Crippen LogP contribution is -2.36. The van der Waals surface area contributed by atoms with Crippen LogP contribution in [0.1, 0.15) is 33.3 Å². The molecule has 0 fully saturated rings. The van der Waals surface area contributed by atoms with Crippen LogP contribution in [0.15, 0.2) is 24.3 Å². The molecule has 0 spiro atoms. The first kappa shape index (κ1) is 13.4. The molecular formula is C16H26N2. The van der Waals surface area contributed by atoms with Gasteiger partial charge in [-0.3, -0.25) is 0 Å². The van der Waals surface area contributed by atoms with Crippen molar-refractivity contribution in [3.8, 4) is 0 Å². The first-order chi connectivity index (χ1) is 8.47. The zero-order valence-corrected chi connectivity index (χ0v) is 12.1. The molecule has 0 amide bonds. The van der Waals surface area contributed by atoms with Gasteiger partial charge in [0.2, 0.25) is 0 Å².